The molecule has 2 aromatic rings. The maximum absolute atomic E-state index is 14.1. The van der Waals surface area contributed by atoms with Gasteiger partial charge in [0.25, 0.3) is 0 Å². The molecule has 0 unspecified atom stereocenters. The molecule has 0 bridgehead atoms. The van der Waals surface area contributed by atoms with Gasteiger partial charge < -0.3 is 14.2 Å². The van der Waals surface area contributed by atoms with Crippen LogP contribution in [-0.4, -0.2) is 69.5 Å². The van der Waals surface area contributed by atoms with Crippen LogP contribution in [0.1, 0.15) is 24.1 Å². The number of hydrogen-bond donors (Lipinski definition) is 0. The SMILES string of the molecule is COCCOCCOc1ccc(CN2CCN([C@H](C)c3ccc(F)cc3F)CC2)cc1. The quantitative estimate of drug-likeness (QED) is 0.502. The van der Waals surface area contributed by atoms with Gasteiger partial charge in [0.2, 0.25) is 0 Å². The summed E-state index contributed by atoms with van der Waals surface area (Å²) in [6, 6.07) is 11.9. The molecule has 7 heteroatoms. The third-order valence-electron chi connectivity index (χ3n) is 5.62. The molecular weight excluding hydrogens is 402 g/mol. The Balaban J connectivity index is 1.40. The highest BCUT2D eigenvalue weighted by Crippen LogP contribution is 2.25. The second-order valence-electron chi connectivity index (χ2n) is 7.75. The fraction of sp³-hybridized carbons (Fsp3) is 0.500. The summed E-state index contributed by atoms with van der Waals surface area (Å²) in [5.41, 5.74) is 1.78. The average molecular weight is 435 g/mol. The Morgan fingerprint density at radius 2 is 1.61 bits per heavy atom. The summed E-state index contributed by atoms with van der Waals surface area (Å²) in [5, 5.41) is 0. The number of rotatable bonds is 11. The minimum atomic E-state index is -0.537. The third-order valence-corrected chi connectivity index (χ3v) is 5.62. The van der Waals surface area contributed by atoms with Crippen LogP contribution >= 0.6 is 0 Å². The van der Waals surface area contributed by atoms with Gasteiger partial charge in [-0.2, -0.15) is 0 Å². The van der Waals surface area contributed by atoms with Gasteiger partial charge in [-0.1, -0.05) is 18.2 Å². The van der Waals surface area contributed by atoms with E-state index in [1.54, 1.807) is 13.2 Å². The summed E-state index contributed by atoms with van der Waals surface area (Å²) in [4.78, 5) is 4.64. The Morgan fingerprint density at radius 1 is 0.903 bits per heavy atom. The van der Waals surface area contributed by atoms with Crippen molar-refractivity contribution in [2.75, 3.05) is 59.7 Å². The summed E-state index contributed by atoms with van der Waals surface area (Å²) in [7, 11) is 1.65. The lowest BCUT2D eigenvalue weighted by molar-refractivity contribution is 0.0544. The molecule has 170 valence electrons. The van der Waals surface area contributed by atoms with Gasteiger partial charge in [0.05, 0.1) is 19.8 Å². The summed E-state index contributed by atoms with van der Waals surface area (Å²) in [5.74, 6) is -0.178. The highest BCUT2D eigenvalue weighted by molar-refractivity contribution is 5.27. The zero-order chi connectivity index (χ0) is 22.1. The maximum atomic E-state index is 14.1. The van der Waals surface area contributed by atoms with Gasteiger partial charge >= 0.3 is 0 Å². The van der Waals surface area contributed by atoms with E-state index in [-0.39, 0.29) is 6.04 Å². The summed E-state index contributed by atoms with van der Waals surface area (Å²) < 4.78 is 43.3. The number of benzene rings is 2. The Bertz CT molecular complexity index is 796. The van der Waals surface area contributed by atoms with Gasteiger partial charge in [-0.15, -0.1) is 0 Å². The lowest BCUT2D eigenvalue weighted by Crippen LogP contribution is -2.46. The predicted molar refractivity (Wildman–Crippen MR) is 116 cm³/mol. The highest BCUT2D eigenvalue weighted by Gasteiger charge is 2.24. The minimum Gasteiger partial charge on any atom is -0.491 e. The zero-order valence-electron chi connectivity index (χ0n) is 18.4. The monoisotopic (exact) mass is 434 g/mol. The first-order valence-corrected chi connectivity index (χ1v) is 10.8. The molecule has 0 radical (unpaired) electrons. The molecular formula is C24H32F2N2O3. The van der Waals surface area contributed by atoms with Crippen molar-refractivity contribution in [2.45, 2.75) is 19.5 Å². The van der Waals surface area contributed by atoms with Crippen LogP contribution in [0.4, 0.5) is 8.78 Å². The van der Waals surface area contributed by atoms with Crippen molar-refractivity contribution in [3.63, 3.8) is 0 Å². The Kier molecular flexibility index (Phi) is 9.21. The molecule has 0 aromatic heterocycles. The van der Waals surface area contributed by atoms with Crippen molar-refractivity contribution < 1.29 is 23.0 Å². The predicted octanol–water partition coefficient (Wildman–Crippen LogP) is 3.89. The van der Waals surface area contributed by atoms with Gasteiger partial charge in [-0.3, -0.25) is 9.80 Å². The lowest BCUT2D eigenvalue weighted by Gasteiger charge is -2.38. The number of piperazine rings is 1. The summed E-state index contributed by atoms with van der Waals surface area (Å²) in [6.07, 6.45) is 0. The lowest BCUT2D eigenvalue weighted by atomic mass is 10.0. The van der Waals surface area contributed by atoms with Gasteiger partial charge in [0.1, 0.15) is 24.0 Å². The van der Waals surface area contributed by atoms with Crippen LogP contribution in [0.5, 0.6) is 5.75 Å². The van der Waals surface area contributed by atoms with E-state index < -0.39 is 11.6 Å². The molecule has 0 aliphatic carbocycles. The van der Waals surface area contributed by atoms with Crippen LogP contribution in [0, 0.1) is 11.6 Å². The molecule has 0 saturated carbocycles. The van der Waals surface area contributed by atoms with Gasteiger partial charge in [0.15, 0.2) is 0 Å². The van der Waals surface area contributed by atoms with E-state index in [1.165, 1.54) is 11.6 Å². The van der Waals surface area contributed by atoms with Crippen molar-refractivity contribution in [2.24, 2.45) is 0 Å². The molecule has 1 atom stereocenters. The van der Waals surface area contributed by atoms with Gasteiger partial charge in [-0.25, -0.2) is 8.78 Å². The largest absolute Gasteiger partial charge is 0.491 e. The van der Waals surface area contributed by atoms with Crippen molar-refractivity contribution in [1.82, 2.24) is 9.80 Å². The number of nitrogens with zero attached hydrogens (tertiary/aromatic N) is 2. The first-order chi connectivity index (χ1) is 15.1. The van der Waals surface area contributed by atoms with Crippen molar-refractivity contribution in [3.8, 4) is 5.75 Å². The van der Waals surface area contributed by atoms with E-state index in [2.05, 4.69) is 21.9 Å². The highest BCUT2D eigenvalue weighted by atomic mass is 19.1. The Morgan fingerprint density at radius 3 is 2.29 bits per heavy atom. The molecule has 1 aliphatic heterocycles. The Hall–Kier alpha value is -2.06. The van der Waals surface area contributed by atoms with E-state index in [0.717, 1.165) is 44.5 Å². The van der Waals surface area contributed by atoms with Crippen LogP contribution in [-0.2, 0) is 16.0 Å². The molecule has 3 rings (SSSR count). The van der Waals surface area contributed by atoms with E-state index in [1.807, 2.05) is 19.1 Å². The number of ether oxygens (including phenoxy) is 3. The van der Waals surface area contributed by atoms with E-state index in [9.17, 15) is 8.78 Å². The standard InChI is InChI=1S/C24H32F2N2O3/c1-19(23-8-5-21(25)17-24(23)26)28-11-9-27(10-12-28)18-20-3-6-22(7-4-20)31-16-15-30-14-13-29-2/h3-8,17,19H,9-16,18H2,1-2H3/t19-/m1/s1. The topological polar surface area (TPSA) is 34.2 Å². The van der Waals surface area contributed by atoms with Crippen molar-refractivity contribution in [1.29, 1.82) is 0 Å². The van der Waals surface area contributed by atoms with Crippen LogP contribution in [0.15, 0.2) is 42.5 Å². The van der Waals surface area contributed by atoms with Crippen LogP contribution in [0.3, 0.4) is 0 Å². The van der Waals surface area contributed by atoms with E-state index in [0.29, 0.717) is 32.0 Å². The molecule has 0 amide bonds. The number of methoxy groups -OCH3 is 1. The zero-order valence-corrected chi connectivity index (χ0v) is 18.4. The molecule has 2 aromatic carbocycles. The number of halogens is 2. The number of hydrogen-bond acceptors (Lipinski definition) is 5. The van der Waals surface area contributed by atoms with E-state index >= 15 is 0 Å². The Labute approximate surface area is 183 Å². The second kappa shape index (κ2) is 12.1. The van der Waals surface area contributed by atoms with Crippen LogP contribution in [0.2, 0.25) is 0 Å². The molecule has 0 spiro atoms. The molecule has 5 nitrogen and oxygen atoms in total. The van der Waals surface area contributed by atoms with Gasteiger partial charge in [0, 0.05) is 57.5 Å². The first kappa shape index (κ1) is 23.6. The maximum Gasteiger partial charge on any atom is 0.130 e. The van der Waals surface area contributed by atoms with Crippen LogP contribution < -0.4 is 4.74 Å². The van der Waals surface area contributed by atoms with Gasteiger partial charge in [-0.05, 0) is 30.7 Å². The summed E-state index contributed by atoms with van der Waals surface area (Å²) >= 11 is 0. The molecule has 0 N–H and O–H groups in total. The van der Waals surface area contributed by atoms with E-state index in [4.69, 9.17) is 14.2 Å². The smallest absolute Gasteiger partial charge is 0.130 e. The normalized spacial score (nSPS) is 16.4. The van der Waals surface area contributed by atoms with Crippen LogP contribution in [0.25, 0.3) is 0 Å². The molecule has 31 heavy (non-hydrogen) atoms. The fourth-order valence-electron chi connectivity index (χ4n) is 3.76. The van der Waals surface area contributed by atoms with Crippen molar-refractivity contribution >= 4 is 0 Å². The minimum absolute atomic E-state index is 0.0716. The fourth-order valence-corrected chi connectivity index (χ4v) is 3.76. The second-order valence-corrected chi connectivity index (χ2v) is 7.75. The average Bonchev–Trinajstić information content (AvgIpc) is 2.77. The molecule has 1 aliphatic rings. The molecule has 1 heterocycles. The first-order valence-electron chi connectivity index (χ1n) is 10.8. The summed E-state index contributed by atoms with van der Waals surface area (Å²) in [6.45, 7) is 8.57. The van der Waals surface area contributed by atoms with Crippen molar-refractivity contribution in [3.05, 3.63) is 65.2 Å². The third kappa shape index (κ3) is 7.25. The molecule has 1 saturated heterocycles. The molecule has 1 fully saturated rings.